The topological polar surface area (TPSA) is 144 Å². The van der Waals surface area contributed by atoms with E-state index in [1.54, 1.807) is 91.0 Å². The lowest BCUT2D eigenvalue weighted by Crippen LogP contribution is -2.44. The number of pyridine rings is 2. The molecule has 2 N–H and O–H groups in total. The van der Waals surface area contributed by atoms with Gasteiger partial charge in [-0.3, -0.25) is 28.3 Å². The Labute approximate surface area is 289 Å². The molecule has 2 aliphatic rings. The van der Waals surface area contributed by atoms with Crippen LogP contribution in [-0.2, 0) is 21.7 Å². The number of methoxy groups -OCH3 is 2. The molecule has 4 aromatic rings. The number of nitrogens with zero attached hydrogens (tertiary/aromatic N) is 4. The summed E-state index contributed by atoms with van der Waals surface area (Å²) in [5.74, 6) is -1.10. The Bertz CT molecular complexity index is 2050. The fraction of sp³-hybridized carbons (Fsp3) is 0.316. The van der Waals surface area contributed by atoms with Gasteiger partial charge < -0.3 is 29.5 Å². The number of likely N-dealkylation sites (tertiary alicyclic amines) is 1. The summed E-state index contributed by atoms with van der Waals surface area (Å²) in [4.78, 5) is 56.3. The Hall–Kier alpha value is -5.46. The summed E-state index contributed by atoms with van der Waals surface area (Å²) in [6.45, 7) is 2.32. The number of rotatable bonds is 11. The highest BCUT2D eigenvalue weighted by Gasteiger charge is 2.52. The van der Waals surface area contributed by atoms with E-state index in [1.165, 1.54) is 28.3 Å². The molecule has 0 bridgehead atoms. The van der Waals surface area contributed by atoms with Crippen LogP contribution in [0.1, 0.15) is 37.3 Å². The minimum atomic E-state index is -2.03. The minimum Gasteiger partial charge on any atom is -0.491 e. The first kappa shape index (κ1) is 34.4. The Balaban J connectivity index is 1.33. The average Bonchev–Trinajstić information content (AvgIpc) is 3.70. The highest BCUT2D eigenvalue weighted by molar-refractivity contribution is 6.07. The molecule has 1 saturated heterocycles. The molecule has 4 heterocycles. The second-order valence-electron chi connectivity index (χ2n) is 12.5. The van der Waals surface area contributed by atoms with Crippen molar-refractivity contribution in [1.82, 2.24) is 14.0 Å². The van der Waals surface area contributed by atoms with Gasteiger partial charge in [-0.2, -0.15) is 0 Å². The number of aliphatic hydroxyl groups is 2. The number of hydrogen-bond acceptors (Lipinski definition) is 8. The Morgan fingerprint density at radius 3 is 2.18 bits per heavy atom. The minimum absolute atomic E-state index is 0.0592. The van der Waals surface area contributed by atoms with E-state index in [9.17, 15) is 29.4 Å². The fourth-order valence-corrected chi connectivity index (χ4v) is 6.84. The number of carbonyl (C=O) groups is 2. The van der Waals surface area contributed by atoms with Gasteiger partial charge in [0, 0.05) is 48.2 Å². The maximum absolute atomic E-state index is 14.3. The van der Waals surface area contributed by atoms with Crippen molar-refractivity contribution in [1.29, 1.82) is 0 Å². The summed E-state index contributed by atoms with van der Waals surface area (Å²) < 4.78 is 13.2. The SMILES string of the molecule is COc1cccn(-c2ccc(CN3C(=O)[C@@](O)([C@@H](C)/C=C/CC(=O)N4CCC[C@H]4CO)c4cc(-n5cccc(OC)c5=O)ccc43)cc2)c1=O. The van der Waals surface area contributed by atoms with E-state index in [1.807, 2.05) is 12.1 Å². The first-order valence-corrected chi connectivity index (χ1v) is 16.5. The summed E-state index contributed by atoms with van der Waals surface area (Å²) >= 11 is 0. The Kier molecular flexibility index (Phi) is 9.76. The third kappa shape index (κ3) is 6.12. The monoisotopic (exact) mass is 680 g/mol. The normalized spacial score (nSPS) is 19.2. The molecular formula is C38H40N4O8. The zero-order chi connectivity index (χ0) is 35.6. The lowest BCUT2D eigenvalue weighted by atomic mass is 9.82. The van der Waals surface area contributed by atoms with Crippen molar-refractivity contribution in [3.8, 4) is 22.9 Å². The van der Waals surface area contributed by atoms with Gasteiger partial charge in [-0.05, 0) is 73.0 Å². The summed E-state index contributed by atoms with van der Waals surface area (Å²) in [7, 11) is 2.85. The molecule has 0 saturated carbocycles. The molecule has 0 unspecified atom stereocenters. The lowest BCUT2D eigenvalue weighted by Gasteiger charge is -2.28. The van der Waals surface area contributed by atoms with Gasteiger partial charge in [-0.1, -0.05) is 31.2 Å². The third-order valence-electron chi connectivity index (χ3n) is 9.64. The van der Waals surface area contributed by atoms with Crippen molar-refractivity contribution in [3.63, 3.8) is 0 Å². The molecule has 2 aliphatic heterocycles. The highest BCUT2D eigenvalue weighted by atomic mass is 16.5. The molecule has 0 radical (unpaired) electrons. The maximum atomic E-state index is 14.3. The molecule has 260 valence electrons. The van der Waals surface area contributed by atoms with E-state index in [4.69, 9.17) is 9.47 Å². The molecule has 0 spiro atoms. The molecule has 2 aromatic heterocycles. The Morgan fingerprint density at radius 1 is 0.940 bits per heavy atom. The smallest absolute Gasteiger partial charge is 0.297 e. The quantitative estimate of drug-likeness (QED) is 0.230. The molecule has 12 heteroatoms. The fourth-order valence-electron chi connectivity index (χ4n) is 6.84. The van der Waals surface area contributed by atoms with Crippen molar-refractivity contribution in [2.45, 2.75) is 44.4 Å². The number of aliphatic hydroxyl groups excluding tert-OH is 1. The van der Waals surface area contributed by atoms with Gasteiger partial charge in [-0.25, -0.2) is 0 Å². The maximum Gasteiger partial charge on any atom is 0.297 e. The van der Waals surface area contributed by atoms with Crippen molar-refractivity contribution in [2.75, 3.05) is 32.3 Å². The average molecular weight is 681 g/mol. The number of amides is 2. The largest absolute Gasteiger partial charge is 0.491 e. The molecule has 3 atom stereocenters. The third-order valence-corrected chi connectivity index (χ3v) is 9.64. The van der Waals surface area contributed by atoms with Gasteiger partial charge in [0.1, 0.15) is 0 Å². The number of ether oxygens (including phenoxy) is 2. The molecule has 0 aliphatic carbocycles. The van der Waals surface area contributed by atoms with Gasteiger partial charge in [0.2, 0.25) is 5.91 Å². The lowest BCUT2D eigenvalue weighted by molar-refractivity contribution is -0.139. The number of aromatic nitrogens is 2. The van der Waals surface area contributed by atoms with Crippen molar-refractivity contribution < 1.29 is 29.3 Å². The number of carbonyl (C=O) groups excluding carboxylic acids is 2. The number of fused-ring (bicyclic) bond motifs is 1. The van der Waals surface area contributed by atoms with Crippen LogP contribution < -0.4 is 25.5 Å². The second kappa shape index (κ2) is 14.2. The van der Waals surface area contributed by atoms with Crippen LogP contribution in [0.15, 0.2) is 101 Å². The number of benzene rings is 2. The van der Waals surface area contributed by atoms with Gasteiger partial charge in [0.15, 0.2) is 17.1 Å². The molecule has 2 aromatic carbocycles. The number of anilines is 1. The second-order valence-corrected chi connectivity index (χ2v) is 12.5. The van der Waals surface area contributed by atoms with E-state index in [-0.39, 0.29) is 48.6 Å². The van der Waals surface area contributed by atoms with Crippen LogP contribution in [0, 0.1) is 5.92 Å². The first-order valence-electron chi connectivity index (χ1n) is 16.5. The van der Waals surface area contributed by atoms with Crippen LogP contribution in [0.25, 0.3) is 11.4 Å². The molecule has 1 fully saturated rings. The van der Waals surface area contributed by atoms with Gasteiger partial charge in [-0.15, -0.1) is 0 Å². The first-order chi connectivity index (χ1) is 24.1. The van der Waals surface area contributed by atoms with Gasteiger partial charge in [0.05, 0.1) is 39.1 Å². The van der Waals surface area contributed by atoms with E-state index < -0.39 is 23.0 Å². The van der Waals surface area contributed by atoms with Crippen LogP contribution in [0.5, 0.6) is 11.5 Å². The molecule has 12 nitrogen and oxygen atoms in total. The van der Waals surface area contributed by atoms with Crippen molar-refractivity contribution in [2.24, 2.45) is 5.92 Å². The van der Waals surface area contributed by atoms with E-state index in [0.717, 1.165) is 18.4 Å². The zero-order valence-corrected chi connectivity index (χ0v) is 28.2. The van der Waals surface area contributed by atoms with Gasteiger partial charge >= 0.3 is 0 Å². The predicted molar refractivity (Wildman–Crippen MR) is 187 cm³/mol. The van der Waals surface area contributed by atoms with Crippen LogP contribution >= 0.6 is 0 Å². The van der Waals surface area contributed by atoms with Crippen molar-refractivity contribution >= 4 is 17.5 Å². The van der Waals surface area contributed by atoms with E-state index in [0.29, 0.717) is 29.2 Å². The van der Waals surface area contributed by atoms with Crippen LogP contribution in [-0.4, -0.2) is 69.5 Å². The zero-order valence-electron chi connectivity index (χ0n) is 28.2. The number of hydrogen-bond donors (Lipinski definition) is 2. The van der Waals surface area contributed by atoms with Crippen LogP contribution in [0.4, 0.5) is 5.69 Å². The highest BCUT2D eigenvalue weighted by Crippen LogP contribution is 2.46. The summed E-state index contributed by atoms with van der Waals surface area (Å²) in [6.07, 6.45) is 8.19. The standard InChI is InChI=1S/C38H40N4O8/c1-25(8-4-12-34(44)39-19-5-9-29(39)24-43)38(48)30-22-28(41-21-7-11-33(50-3)36(41)46)17-18-31(30)42(37(38)47)23-26-13-15-27(16-14-26)40-20-6-10-32(49-2)35(40)45/h4,6-8,10-11,13-18,20-22,25,29,43,48H,5,9,12,19,23-24H2,1-3H3/b8-4+/t25-,29-,38+/m0/s1. The van der Waals surface area contributed by atoms with E-state index >= 15 is 0 Å². The summed E-state index contributed by atoms with van der Waals surface area (Å²) in [5, 5.41) is 22.0. The molecule has 2 amide bonds. The van der Waals surface area contributed by atoms with Crippen molar-refractivity contribution in [3.05, 3.63) is 123 Å². The Morgan fingerprint density at radius 2 is 1.56 bits per heavy atom. The summed E-state index contributed by atoms with van der Waals surface area (Å²) in [6, 6.07) is 18.5. The summed E-state index contributed by atoms with van der Waals surface area (Å²) in [5.41, 5.74) is -0.138. The van der Waals surface area contributed by atoms with E-state index in [2.05, 4.69) is 0 Å². The molecule has 6 rings (SSSR count). The molecular weight excluding hydrogens is 640 g/mol. The van der Waals surface area contributed by atoms with Crippen LogP contribution in [0.2, 0.25) is 0 Å². The van der Waals surface area contributed by atoms with Crippen LogP contribution in [0.3, 0.4) is 0 Å². The molecule has 50 heavy (non-hydrogen) atoms. The van der Waals surface area contributed by atoms with Gasteiger partial charge in [0.25, 0.3) is 17.0 Å². The predicted octanol–water partition coefficient (Wildman–Crippen LogP) is 3.31.